The van der Waals surface area contributed by atoms with Crippen LogP contribution in [0.5, 0.6) is 0 Å². The van der Waals surface area contributed by atoms with Gasteiger partial charge in [0.05, 0.1) is 11.7 Å². The van der Waals surface area contributed by atoms with Gasteiger partial charge >= 0.3 is 0 Å². The average Bonchev–Trinajstić information content (AvgIpc) is 2.68. The molecule has 0 aliphatic rings. The Labute approximate surface area is 122 Å². The molecule has 0 spiro atoms. The van der Waals surface area contributed by atoms with Crippen molar-refractivity contribution in [3.63, 3.8) is 0 Å². The largest absolute Gasteiger partial charge is 0.337 e. The third kappa shape index (κ3) is 1.92. The molecule has 5 heteroatoms. The van der Waals surface area contributed by atoms with Crippen molar-refractivity contribution in [2.45, 2.75) is 6.92 Å². The first-order chi connectivity index (χ1) is 8.66. The van der Waals surface area contributed by atoms with Crippen molar-refractivity contribution in [2.24, 2.45) is 0 Å². The average molecular weight is 337 g/mol. The third-order valence-corrected chi connectivity index (χ3v) is 4.67. The van der Waals surface area contributed by atoms with E-state index in [2.05, 4.69) is 45.0 Å². The normalized spacial score (nSPS) is 11.0. The molecule has 0 bridgehead atoms. The number of fused-ring (bicyclic) bond motifs is 1. The van der Waals surface area contributed by atoms with Gasteiger partial charge in [-0.1, -0.05) is 40.3 Å². The molecule has 0 saturated heterocycles. The van der Waals surface area contributed by atoms with Gasteiger partial charge in [0, 0.05) is 14.9 Å². The second-order valence-corrected chi connectivity index (χ2v) is 6.48. The number of rotatable bonds is 1. The molecule has 0 aliphatic carbocycles. The predicted molar refractivity (Wildman–Crippen MR) is 82.7 cm³/mol. The first-order valence-corrected chi connectivity index (χ1v) is 7.41. The van der Waals surface area contributed by atoms with Crippen molar-refractivity contribution >= 4 is 49.7 Å². The van der Waals surface area contributed by atoms with E-state index >= 15 is 0 Å². The Morgan fingerprint density at radius 1 is 1.28 bits per heavy atom. The lowest BCUT2D eigenvalue weighted by atomic mass is 10.0. The van der Waals surface area contributed by atoms with Gasteiger partial charge in [0.25, 0.3) is 0 Å². The zero-order valence-electron chi connectivity index (χ0n) is 9.53. The molecule has 1 aromatic carbocycles. The van der Waals surface area contributed by atoms with E-state index in [0.29, 0.717) is 0 Å². The highest BCUT2D eigenvalue weighted by molar-refractivity contribution is 9.10. The van der Waals surface area contributed by atoms with E-state index in [1.54, 1.807) is 17.7 Å². The van der Waals surface area contributed by atoms with Gasteiger partial charge in [-0.3, -0.25) is 0 Å². The minimum absolute atomic E-state index is 0.752. The van der Waals surface area contributed by atoms with Crippen molar-refractivity contribution < 1.29 is 0 Å². The molecule has 2 aromatic heterocycles. The zero-order chi connectivity index (χ0) is 12.7. The van der Waals surface area contributed by atoms with Gasteiger partial charge in [0.2, 0.25) is 0 Å². The molecule has 1 N–H and O–H groups in total. The summed E-state index contributed by atoms with van der Waals surface area (Å²) in [6.07, 6.45) is 1.66. The fourth-order valence-electron chi connectivity index (χ4n) is 2.02. The van der Waals surface area contributed by atoms with Gasteiger partial charge in [0.1, 0.15) is 9.47 Å². The number of hydrogen-bond acceptors (Lipinski definition) is 3. The van der Waals surface area contributed by atoms with Crippen LogP contribution in [0.2, 0.25) is 0 Å². The van der Waals surface area contributed by atoms with Gasteiger partial charge in [-0.2, -0.15) is 0 Å². The SMILES string of the molecule is Cc1sc2nc[nH]c(=S)c2c1-c1ccc(Br)cc1. The number of aryl methyl sites for hydroxylation is 1. The second kappa shape index (κ2) is 4.57. The van der Waals surface area contributed by atoms with Crippen LogP contribution in [0.3, 0.4) is 0 Å². The van der Waals surface area contributed by atoms with Crippen LogP contribution >= 0.6 is 39.5 Å². The molecule has 3 rings (SSSR count). The topological polar surface area (TPSA) is 28.7 Å². The predicted octanol–water partition coefficient (Wildman–Crippen LogP) is 5.09. The number of nitrogens with one attached hydrogen (secondary N) is 1. The molecule has 0 saturated carbocycles. The Morgan fingerprint density at radius 2 is 2.00 bits per heavy atom. The number of hydrogen-bond donors (Lipinski definition) is 1. The van der Waals surface area contributed by atoms with E-state index < -0.39 is 0 Å². The Balaban J connectivity index is 2.38. The van der Waals surface area contributed by atoms with E-state index in [1.807, 2.05) is 12.1 Å². The summed E-state index contributed by atoms with van der Waals surface area (Å²) in [5.41, 5.74) is 2.37. The minimum Gasteiger partial charge on any atom is -0.337 e. The van der Waals surface area contributed by atoms with Crippen LogP contribution in [0.4, 0.5) is 0 Å². The fraction of sp³-hybridized carbons (Fsp3) is 0.0769. The molecule has 2 heterocycles. The van der Waals surface area contributed by atoms with E-state index in [-0.39, 0.29) is 0 Å². The Kier molecular flexibility index (Phi) is 3.05. The molecule has 0 unspecified atom stereocenters. The van der Waals surface area contributed by atoms with Crippen LogP contribution in [-0.2, 0) is 0 Å². The van der Waals surface area contributed by atoms with Crippen molar-refractivity contribution in [1.82, 2.24) is 9.97 Å². The van der Waals surface area contributed by atoms with E-state index in [9.17, 15) is 0 Å². The summed E-state index contributed by atoms with van der Waals surface area (Å²) in [5.74, 6) is 0. The number of nitrogens with zero attached hydrogens (tertiary/aromatic N) is 1. The smallest absolute Gasteiger partial charge is 0.128 e. The van der Waals surface area contributed by atoms with Crippen molar-refractivity contribution in [3.05, 3.63) is 44.6 Å². The molecule has 0 fully saturated rings. The maximum Gasteiger partial charge on any atom is 0.128 e. The van der Waals surface area contributed by atoms with Crippen LogP contribution in [0.15, 0.2) is 35.1 Å². The number of thiophene rings is 1. The summed E-state index contributed by atoms with van der Waals surface area (Å²) in [6.45, 7) is 2.11. The molecule has 0 aliphatic heterocycles. The van der Waals surface area contributed by atoms with Gasteiger partial charge in [0.15, 0.2) is 0 Å². The van der Waals surface area contributed by atoms with Crippen LogP contribution in [0, 0.1) is 11.6 Å². The highest BCUT2D eigenvalue weighted by Crippen LogP contribution is 2.37. The lowest BCUT2D eigenvalue weighted by molar-refractivity contribution is 1.22. The van der Waals surface area contributed by atoms with Crippen molar-refractivity contribution in [3.8, 4) is 11.1 Å². The van der Waals surface area contributed by atoms with Crippen LogP contribution in [-0.4, -0.2) is 9.97 Å². The highest BCUT2D eigenvalue weighted by Gasteiger charge is 2.13. The first kappa shape index (κ1) is 12.0. The second-order valence-electron chi connectivity index (χ2n) is 3.95. The molecular weight excluding hydrogens is 328 g/mol. The Bertz CT molecular complexity index is 772. The molecule has 0 amide bonds. The monoisotopic (exact) mass is 336 g/mol. The summed E-state index contributed by atoms with van der Waals surface area (Å²) >= 11 is 10.5. The van der Waals surface area contributed by atoms with Crippen LogP contribution in [0.25, 0.3) is 21.3 Å². The quantitative estimate of drug-likeness (QED) is 0.627. The minimum atomic E-state index is 0.752. The summed E-state index contributed by atoms with van der Waals surface area (Å²) in [5, 5.41) is 1.05. The molecule has 0 radical (unpaired) electrons. The summed E-state index contributed by atoms with van der Waals surface area (Å²) in [6, 6.07) is 8.28. The molecule has 18 heavy (non-hydrogen) atoms. The summed E-state index contributed by atoms with van der Waals surface area (Å²) < 4.78 is 1.83. The molecule has 2 nitrogen and oxygen atoms in total. The lowest BCUT2D eigenvalue weighted by Crippen LogP contribution is -1.82. The van der Waals surface area contributed by atoms with Crippen molar-refractivity contribution in [2.75, 3.05) is 0 Å². The van der Waals surface area contributed by atoms with Crippen LogP contribution in [0.1, 0.15) is 4.88 Å². The van der Waals surface area contributed by atoms with Crippen LogP contribution < -0.4 is 0 Å². The Morgan fingerprint density at radius 3 is 2.72 bits per heavy atom. The number of benzene rings is 1. The standard InChI is InChI=1S/C13H9BrN2S2/c1-7-10(8-2-4-9(14)5-3-8)11-12(17)15-6-16-13(11)18-7/h2-6H,1H3,(H,15,16,17). The number of halogens is 1. The van der Waals surface area contributed by atoms with Gasteiger partial charge in [-0.15, -0.1) is 11.3 Å². The molecule has 90 valence electrons. The van der Waals surface area contributed by atoms with E-state index in [4.69, 9.17) is 12.2 Å². The zero-order valence-corrected chi connectivity index (χ0v) is 12.7. The fourth-order valence-corrected chi connectivity index (χ4v) is 3.62. The molecule has 3 aromatic rings. The first-order valence-electron chi connectivity index (χ1n) is 5.39. The lowest BCUT2D eigenvalue weighted by Gasteiger charge is -2.02. The Hall–Kier alpha value is -1.04. The maximum atomic E-state index is 5.38. The maximum absolute atomic E-state index is 5.38. The van der Waals surface area contributed by atoms with Crippen molar-refractivity contribution in [1.29, 1.82) is 0 Å². The molecule has 0 atom stereocenters. The van der Waals surface area contributed by atoms with E-state index in [1.165, 1.54) is 16.0 Å². The van der Waals surface area contributed by atoms with Gasteiger partial charge < -0.3 is 4.98 Å². The van der Waals surface area contributed by atoms with E-state index in [0.717, 1.165) is 19.3 Å². The van der Waals surface area contributed by atoms with Gasteiger partial charge in [-0.25, -0.2) is 4.98 Å². The summed E-state index contributed by atoms with van der Waals surface area (Å²) in [7, 11) is 0. The third-order valence-electron chi connectivity index (χ3n) is 2.80. The summed E-state index contributed by atoms with van der Waals surface area (Å²) in [4.78, 5) is 9.60. The van der Waals surface area contributed by atoms with Gasteiger partial charge in [-0.05, 0) is 24.6 Å². The molecular formula is C13H9BrN2S2. The number of aromatic nitrogens is 2. The number of H-pyrrole nitrogens is 1. The number of aromatic amines is 1. The highest BCUT2D eigenvalue weighted by atomic mass is 79.9.